The van der Waals surface area contributed by atoms with Crippen LogP contribution in [0.4, 0.5) is 0 Å². The van der Waals surface area contributed by atoms with E-state index in [0.717, 1.165) is 0 Å². The van der Waals surface area contributed by atoms with Gasteiger partial charge in [0.2, 0.25) is 0 Å². The van der Waals surface area contributed by atoms with Crippen LogP contribution >= 0.6 is 0 Å². The maximum atomic E-state index is 9.55. The van der Waals surface area contributed by atoms with Crippen LogP contribution in [0.15, 0.2) is 12.2 Å². The van der Waals surface area contributed by atoms with Crippen molar-refractivity contribution in [2.45, 2.75) is 0 Å². The first kappa shape index (κ1) is 11.8. The van der Waals surface area contributed by atoms with Crippen molar-refractivity contribution in [3.8, 4) is 0 Å². The molecule has 0 saturated carbocycles. The molecule has 0 aliphatic carbocycles. The third-order valence-corrected chi connectivity index (χ3v) is 0.368. The Labute approximate surface area is 66.3 Å². The standard InChI is InChI=1S/C4H4O4.O.Zn/c5-3(6)1-2-4(7)8;;/h1-2H,(H,5,6)(H,7,8);;/b2-1-;;. The van der Waals surface area contributed by atoms with E-state index in [1.54, 1.807) is 0 Å². The van der Waals surface area contributed by atoms with Crippen LogP contribution in [0.2, 0.25) is 0 Å². The number of aliphatic carboxylic acids is 2. The summed E-state index contributed by atoms with van der Waals surface area (Å²) in [5.74, 6) is -2.51. The number of hydrogen-bond acceptors (Lipinski definition) is 3. The molecule has 0 atom stereocenters. The second-order valence-electron chi connectivity index (χ2n) is 1.01. The molecule has 52 valence electrons. The minimum atomic E-state index is -1.26. The Bertz CT molecular complexity index is 136. The normalized spacial score (nSPS) is 8.20. The van der Waals surface area contributed by atoms with Crippen LogP contribution in [-0.4, -0.2) is 22.2 Å². The van der Waals surface area contributed by atoms with Gasteiger partial charge in [0.05, 0.1) is 0 Å². The van der Waals surface area contributed by atoms with E-state index in [1.807, 2.05) is 0 Å². The summed E-state index contributed by atoms with van der Waals surface area (Å²) in [5, 5.41) is 15.6. The molecule has 0 heterocycles. The van der Waals surface area contributed by atoms with Crippen molar-refractivity contribution in [3.63, 3.8) is 0 Å². The quantitative estimate of drug-likeness (QED) is 0.464. The average Bonchev–Trinajstić information content (AvgIpc) is 1.89. The first-order chi connectivity index (χ1) is 4.63. The van der Waals surface area contributed by atoms with E-state index in [2.05, 4.69) is 0 Å². The van der Waals surface area contributed by atoms with Crippen LogP contribution in [0, 0.1) is 0 Å². The summed E-state index contributed by atoms with van der Waals surface area (Å²) < 4.78 is 8.38. The van der Waals surface area contributed by atoms with Gasteiger partial charge >= 0.3 is 33.8 Å². The molecule has 0 aliphatic rings. The Morgan fingerprint density at radius 2 is 1.20 bits per heavy atom. The van der Waals surface area contributed by atoms with E-state index in [0.29, 0.717) is 12.2 Å². The zero-order valence-corrected chi connectivity index (χ0v) is 7.95. The summed E-state index contributed by atoms with van der Waals surface area (Å²) in [6, 6.07) is 0. The van der Waals surface area contributed by atoms with Gasteiger partial charge in [-0.2, -0.15) is 0 Å². The van der Waals surface area contributed by atoms with Gasteiger partial charge in [0.25, 0.3) is 0 Å². The van der Waals surface area contributed by atoms with E-state index >= 15 is 0 Å². The van der Waals surface area contributed by atoms with Crippen molar-refractivity contribution in [1.29, 1.82) is 0 Å². The Morgan fingerprint density at radius 1 is 1.00 bits per heavy atom. The number of rotatable bonds is 2. The van der Waals surface area contributed by atoms with Gasteiger partial charge in [0, 0.05) is 12.2 Å². The molecule has 0 amide bonds. The van der Waals surface area contributed by atoms with Gasteiger partial charge < -0.3 is 10.2 Å². The first-order valence-electron chi connectivity index (χ1n) is 2.05. The van der Waals surface area contributed by atoms with E-state index < -0.39 is 11.9 Å². The number of hydrogen-bond donors (Lipinski definition) is 2. The fourth-order valence-electron chi connectivity index (χ4n) is 0.143. The van der Waals surface area contributed by atoms with Gasteiger partial charge in [-0.15, -0.1) is 0 Å². The number of carboxylic acids is 2. The van der Waals surface area contributed by atoms with Crippen molar-refractivity contribution in [2.24, 2.45) is 0 Å². The molecule has 2 N–H and O–H groups in total. The van der Waals surface area contributed by atoms with Crippen LogP contribution < -0.4 is 0 Å². The molecule has 0 aliphatic heterocycles. The molecule has 0 unspecified atom stereocenters. The molecular weight excluding hydrogens is 193 g/mol. The van der Waals surface area contributed by atoms with Crippen molar-refractivity contribution >= 4 is 11.9 Å². The topological polar surface area (TPSA) is 91.7 Å². The first-order valence-corrected chi connectivity index (χ1v) is 3.27. The number of carboxylic acid groups (broad SMARTS) is 2. The Morgan fingerprint density at radius 3 is 1.30 bits per heavy atom. The van der Waals surface area contributed by atoms with Gasteiger partial charge in [-0.05, 0) is 0 Å². The molecule has 0 saturated heterocycles. The van der Waals surface area contributed by atoms with Crippen LogP contribution in [0.1, 0.15) is 0 Å². The second-order valence-corrected chi connectivity index (χ2v) is 1.01. The predicted molar refractivity (Wildman–Crippen MR) is 25.1 cm³/mol. The molecule has 0 aromatic rings. The molecule has 5 nitrogen and oxygen atoms in total. The van der Waals surface area contributed by atoms with Crippen molar-refractivity contribution in [3.05, 3.63) is 12.2 Å². The van der Waals surface area contributed by atoms with Crippen LogP contribution in [0.25, 0.3) is 0 Å². The van der Waals surface area contributed by atoms with E-state index in [1.165, 1.54) is 0 Å². The predicted octanol–water partition coefficient (Wildman–Crippen LogP) is -0.409. The van der Waals surface area contributed by atoms with Crippen molar-refractivity contribution in [1.82, 2.24) is 0 Å². The summed E-state index contributed by atoms with van der Waals surface area (Å²) in [5.41, 5.74) is 0. The van der Waals surface area contributed by atoms with E-state index in [4.69, 9.17) is 13.8 Å². The van der Waals surface area contributed by atoms with E-state index in [9.17, 15) is 9.59 Å². The molecule has 0 bridgehead atoms. The van der Waals surface area contributed by atoms with Gasteiger partial charge in [0.1, 0.15) is 0 Å². The SMILES string of the molecule is O=C(O)/C=C\C(=O)O.[O]=[Zn]. The molecule has 0 aromatic carbocycles. The monoisotopic (exact) mass is 196 g/mol. The number of carbonyl (C=O) groups is 2. The third-order valence-electron chi connectivity index (χ3n) is 0.368. The molecule has 0 rings (SSSR count). The van der Waals surface area contributed by atoms with Crippen molar-refractivity contribution in [2.75, 3.05) is 0 Å². The van der Waals surface area contributed by atoms with Crippen LogP contribution in [0.3, 0.4) is 0 Å². The van der Waals surface area contributed by atoms with Gasteiger partial charge in [-0.25, -0.2) is 9.59 Å². The molecule has 0 spiro atoms. The molecule has 0 aromatic heterocycles. The molecule has 10 heavy (non-hydrogen) atoms. The molecular formula is C4H4O5Zn. The van der Waals surface area contributed by atoms with Crippen molar-refractivity contribution < 1.29 is 41.6 Å². The van der Waals surface area contributed by atoms with E-state index in [-0.39, 0.29) is 18.3 Å². The third kappa shape index (κ3) is 15.7. The summed E-state index contributed by atoms with van der Waals surface area (Å²) in [6.07, 6.45) is 1.12. The molecule has 6 heteroatoms. The molecule has 0 radical (unpaired) electrons. The van der Waals surface area contributed by atoms with Gasteiger partial charge in [-0.3, -0.25) is 0 Å². The van der Waals surface area contributed by atoms with Gasteiger partial charge in [0.15, 0.2) is 0 Å². The van der Waals surface area contributed by atoms with Crippen LogP contribution in [0.5, 0.6) is 0 Å². The minimum absolute atomic E-state index is 0.125. The Hall–Kier alpha value is -0.897. The summed E-state index contributed by atoms with van der Waals surface area (Å²) >= 11 is 0.125. The average molecular weight is 197 g/mol. The maximum absolute atomic E-state index is 9.55. The summed E-state index contributed by atoms with van der Waals surface area (Å²) in [4.78, 5) is 19.1. The van der Waals surface area contributed by atoms with Crippen LogP contribution in [-0.2, 0) is 31.4 Å². The summed E-state index contributed by atoms with van der Waals surface area (Å²) in [6.45, 7) is 0. The summed E-state index contributed by atoms with van der Waals surface area (Å²) in [7, 11) is 0. The molecule has 0 fully saturated rings. The van der Waals surface area contributed by atoms with Gasteiger partial charge in [-0.1, -0.05) is 0 Å². The Balaban J connectivity index is 0. The fourth-order valence-corrected chi connectivity index (χ4v) is 0.143. The zero-order chi connectivity index (χ0) is 8.57. The Kier molecular flexibility index (Phi) is 9.60. The fraction of sp³-hybridized carbons (Fsp3) is 0. The second kappa shape index (κ2) is 8.10. The zero-order valence-electron chi connectivity index (χ0n) is 4.98.